The molecule has 84 valence electrons. The van der Waals surface area contributed by atoms with E-state index in [1.54, 1.807) is 6.07 Å². The van der Waals surface area contributed by atoms with Gasteiger partial charge in [-0.15, -0.1) is 0 Å². The van der Waals surface area contributed by atoms with Crippen molar-refractivity contribution in [3.63, 3.8) is 0 Å². The number of rotatable bonds is 2. The lowest BCUT2D eigenvalue weighted by Gasteiger charge is -2.03. The van der Waals surface area contributed by atoms with Gasteiger partial charge in [0.1, 0.15) is 11.3 Å². The molecule has 0 fully saturated rings. The van der Waals surface area contributed by atoms with Crippen LogP contribution in [0, 0.1) is 0 Å². The summed E-state index contributed by atoms with van der Waals surface area (Å²) in [6.07, 6.45) is -2.80. The Labute approximate surface area is 89.3 Å². The Morgan fingerprint density at radius 1 is 1.31 bits per heavy atom. The number of hydrogen-bond donors (Lipinski definition) is 0. The minimum Gasteiger partial charge on any atom is -0.497 e. The molecule has 0 saturated heterocycles. The highest BCUT2D eigenvalue weighted by atomic mass is 19.3. The van der Waals surface area contributed by atoms with Gasteiger partial charge in [0.2, 0.25) is 0 Å². The number of fused-ring (bicyclic) bond motifs is 1. The molecule has 0 unspecified atom stereocenters. The van der Waals surface area contributed by atoms with Crippen LogP contribution in [0.2, 0.25) is 0 Å². The van der Waals surface area contributed by atoms with Crippen LogP contribution in [0.25, 0.3) is 11.0 Å². The van der Waals surface area contributed by atoms with Gasteiger partial charge in [0, 0.05) is 12.1 Å². The first-order valence-corrected chi connectivity index (χ1v) is 4.52. The zero-order chi connectivity index (χ0) is 11.7. The van der Waals surface area contributed by atoms with Crippen LogP contribution in [0.3, 0.4) is 0 Å². The number of methoxy groups -OCH3 is 1. The van der Waals surface area contributed by atoms with E-state index >= 15 is 0 Å². The average Bonchev–Trinajstić information content (AvgIpc) is 2.28. The van der Waals surface area contributed by atoms with E-state index in [0.717, 1.165) is 6.07 Å². The zero-order valence-electron chi connectivity index (χ0n) is 8.37. The molecule has 2 aromatic rings. The second-order valence-electron chi connectivity index (χ2n) is 3.18. The van der Waals surface area contributed by atoms with Crippen molar-refractivity contribution in [2.24, 2.45) is 0 Å². The number of alkyl halides is 2. The maximum Gasteiger partial charge on any atom is 0.295 e. The lowest BCUT2D eigenvalue weighted by atomic mass is 10.2. The third kappa shape index (κ3) is 1.76. The molecule has 5 heteroatoms. The topological polar surface area (TPSA) is 39.4 Å². The van der Waals surface area contributed by atoms with Gasteiger partial charge in [0.15, 0.2) is 11.2 Å². The largest absolute Gasteiger partial charge is 0.497 e. The Morgan fingerprint density at radius 3 is 2.69 bits per heavy atom. The molecular weight excluding hydrogens is 218 g/mol. The van der Waals surface area contributed by atoms with Crippen molar-refractivity contribution in [1.82, 2.24) is 0 Å². The first-order valence-electron chi connectivity index (χ1n) is 4.52. The molecule has 0 aliphatic rings. The molecule has 0 bridgehead atoms. The summed E-state index contributed by atoms with van der Waals surface area (Å²) in [7, 11) is 1.44. The van der Waals surface area contributed by atoms with Crippen LogP contribution < -0.4 is 10.2 Å². The molecular formula is C11H8F2O3. The molecule has 1 aromatic carbocycles. The Kier molecular flexibility index (Phi) is 2.60. The summed E-state index contributed by atoms with van der Waals surface area (Å²) < 4.78 is 34.6. The molecule has 0 radical (unpaired) electrons. The van der Waals surface area contributed by atoms with Crippen molar-refractivity contribution in [3.05, 3.63) is 40.2 Å². The van der Waals surface area contributed by atoms with Crippen LogP contribution in [0.1, 0.15) is 12.2 Å². The van der Waals surface area contributed by atoms with Gasteiger partial charge in [0.05, 0.1) is 12.5 Å². The van der Waals surface area contributed by atoms with Crippen molar-refractivity contribution >= 4 is 11.0 Å². The zero-order valence-corrected chi connectivity index (χ0v) is 8.37. The highest BCUT2D eigenvalue weighted by molar-refractivity contribution is 5.77. The fourth-order valence-electron chi connectivity index (χ4n) is 1.39. The molecule has 0 atom stereocenters. The van der Waals surface area contributed by atoms with Crippen LogP contribution in [-0.2, 0) is 0 Å². The van der Waals surface area contributed by atoms with E-state index in [4.69, 9.17) is 9.15 Å². The van der Waals surface area contributed by atoms with Gasteiger partial charge >= 0.3 is 0 Å². The summed E-state index contributed by atoms with van der Waals surface area (Å²) in [6.45, 7) is 0. The van der Waals surface area contributed by atoms with E-state index < -0.39 is 17.6 Å². The number of ether oxygens (including phenoxy) is 1. The molecule has 0 spiro atoms. The van der Waals surface area contributed by atoms with E-state index in [-0.39, 0.29) is 11.0 Å². The SMILES string of the molecule is COc1ccc2c(=O)cc(C(F)F)oc2c1. The van der Waals surface area contributed by atoms with Crippen LogP contribution in [0.5, 0.6) is 5.75 Å². The molecule has 16 heavy (non-hydrogen) atoms. The van der Waals surface area contributed by atoms with E-state index in [0.29, 0.717) is 5.75 Å². The average molecular weight is 226 g/mol. The van der Waals surface area contributed by atoms with Crippen molar-refractivity contribution in [2.45, 2.75) is 6.43 Å². The Balaban J connectivity index is 2.73. The van der Waals surface area contributed by atoms with Gasteiger partial charge in [-0.25, -0.2) is 8.78 Å². The number of hydrogen-bond acceptors (Lipinski definition) is 3. The van der Waals surface area contributed by atoms with Crippen LogP contribution in [-0.4, -0.2) is 7.11 Å². The van der Waals surface area contributed by atoms with Gasteiger partial charge in [0.25, 0.3) is 6.43 Å². The lowest BCUT2D eigenvalue weighted by molar-refractivity contribution is 0.122. The fourth-order valence-corrected chi connectivity index (χ4v) is 1.39. The number of halogens is 2. The molecule has 3 nitrogen and oxygen atoms in total. The maximum absolute atomic E-state index is 12.4. The van der Waals surface area contributed by atoms with Crippen molar-refractivity contribution in [3.8, 4) is 5.75 Å². The first-order chi connectivity index (χ1) is 7.61. The maximum atomic E-state index is 12.4. The van der Waals surface area contributed by atoms with Crippen molar-refractivity contribution < 1.29 is 17.9 Å². The molecule has 1 heterocycles. The monoisotopic (exact) mass is 226 g/mol. The molecule has 0 saturated carbocycles. The van der Waals surface area contributed by atoms with Gasteiger partial charge in [-0.05, 0) is 12.1 Å². The Morgan fingerprint density at radius 2 is 2.06 bits per heavy atom. The smallest absolute Gasteiger partial charge is 0.295 e. The highest BCUT2D eigenvalue weighted by Gasteiger charge is 2.13. The van der Waals surface area contributed by atoms with Gasteiger partial charge in [-0.2, -0.15) is 0 Å². The van der Waals surface area contributed by atoms with Gasteiger partial charge in [-0.3, -0.25) is 4.79 Å². The van der Waals surface area contributed by atoms with E-state index in [1.807, 2.05) is 0 Å². The van der Waals surface area contributed by atoms with Crippen molar-refractivity contribution in [2.75, 3.05) is 7.11 Å². The predicted molar refractivity (Wildman–Crippen MR) is 54.0 cm³/mol. The second-order valence-corrected chi connectivity index (χ2v) is 3.18. The van der Waals surface area contributed by atoms with E-state index in [2.05, 4.69) is 0 Å². The lowest BCUT2D eigenvalue weighted by Crippen LogP contribution is -2.02. The summed E-state index contributed by atoms with van der Waals surface area (Å²) >= 11 is 0. The predicted octanol–water partition coefficient (Wildman–Crippen LogP) is 2.74. The summed E-state index contributed by atoms with van der Waals surface area (Å²) in [4.78, 5) is 11.5. The minimum absolute atomic E-state index is 0.0992. The summed E-state index contributed by atoms with van der Waals surface area (Å²) in [5, 5.41) is 0.255. The summed E-state index contributed by atoms with van der Waals surface area (Å²) in [5.74, 6) is -0.187. The molecule has 0 amide bonds. The summed E-state index contributed by atoms with van der Waals surface area (Å²) in [6, 6.07) is 5.26. The third-order valence-electron chi connectivity index (χ3n) is 2.17. The molecule has 0 aliphatic heterocycles. The van der Waals surface area contributed by atoms with Crippen LogP contribution >= 0.6 is 0 Å². The van der Waals surface area contributed by atoms with Crippen molar-refractivity contribution in [1.29, 1.82) is 0 Å². The first kappa shape index (κ1) is 10.6. The molecule has 2 rings (SSSR count). The molecule has 0 aliphatic carbocycles. The third-order valence-corrected chi connectivity index (χ3v) is 2.17. The van der Waals surface area contributed by atoms with E-state index in [1.165, 1.54) is 19.2 Å². The quantitative estimate of drug-likeness (QED) is 0.790. The Bertz CT molecular complexity index is 575. The summed E-state index contributed by atoms with van der Waals surface area (Å²) in [5.41, 5.74) is -0.388. The highest BCUT2D eigenvalue weighted by Crippen LogP contribution is 2.23. The second kappa shape index (κ2) is 3.92. The van der Waals surface area contributed by atoms with Crippen LogP contribution in [0.15, 0.2) is 33.5 Å². The van der Waals surface area contributed by atoms with Gasteiger partial charge in [-0.1, -0.05) is 0 Å². The number of benzene rings is 1. The van der Waals surface area contributed by atoms with E-state index in [9.17, 15) is 13.6 Å². The van der Waals surface area contributed by atoms with Crippen LogP contribution in [0.4, 0.5) is 8.78 Å². The minimum atomic E-state index is -2.80. The Hall–Kier alpha value is -1.91. The molecule has 1 aromatic heterocycles. The standard InChI is InChI=1S/C11H8F2O3/c1-15-6-2-3-7-8(14)5-10(11(12)13)16-9(7)4-6/h2-5,11H,1H3. The molecule has 0 N–H and O–H groups in total. The normalized spacial score (nSPS) is 11.0. The van der Waals surface area contributed by atoms with Gasteiger partial charge < -0.3 is 9.15 Å². The fraction of sp³-hybridized carbons (Fsp3) is 0.182.